The zero-order chi connectivity index (χ0) is 7.11. The molecule has 0 heterocycles. The molecule has 3 heteroatoms. The molecule has 0 aliphatic carbocycles. The number of nitriles is 1. The molecule has 48 valence electrons. The van der Waals surface area contributed by atoms with Crippen LogP contribution in [0.15, 0.2) is 12.2 Å². The van der Waals surface area contributed by atoms with Crippen molar-refractivity contribution in [2.75, 3.05) is 7.11 Å². The maximum absolute atomic E-state index is 10.3. The van der Waals surface area contributed by atoms with Crippen LogP contribution in [0.1, 0.15) is 6.42 Å². The first-order chi connectivity index (χ1) is 4.31. The molecule has 0 aromatic carbocycles. The van der Waals surface area contributed by atoms with Gasteiger partial charge in [0, 0.05) is 6.08 Å². The summed E-state index contributed by atoms with van der Waals surface area (Å²) < 4.78 is 4.26. The SMILES string of the molecule is COC(=O)/C=C/CC#N. The van der Waals surface area contributed by atoms with E-state index >= 15 is 0 Å². The van der Waals surface area contributed by atoms with Gasteiger partial charge in [0.15, 0.2) is 0 Å². The number of hydrogen-bond acceptors (Lipinski definition) is 3. The van der Waals surface area contributed by atoms with Gasteiger partial charge in [-0.1, -0.05) is 6.08 Å². The molecule has 3 nitrogen and oxygen atoms in total. The molecule has 0 aromatic heterocycles. The predicted molar refractivity (Wildman–Crippen MR) is 31.4 cm³/mol. The van der Waals surface area contributed by atoms with Crippen LogP contribution in [0.25, 0.3) is 0 Å². The average molecular weight is 125 g/mol. The molecule has 0 unspecified atom stereocenters. The van der Waals surface area contributed by atoms with E-state index in [0.717, 1.165) is 0 Å². The number of ether oxygens (including phenoxy) is 1. The number of hydrogen-bond donors (Lipinski definition) is 0. The lowest BCUT2D eigenvalue weighted by Crippen LogP contribution is -1.92. The molecular formula is C6H7NO2. The van der Waals surface area contributed by atoms with E-state index < -0.39 is 5.97 Å². The Morgan fingerprint density at radius 2 is 2.56 bits per heavy atom. The van der Waals surface area contributed by atoms with Crippen molar-refractivity contribution in [3.8, 4) is 6.07 Å². The van der Waals surface area contributed by atoms with Gasteiger partial charge in [0.2, 0.25) is 0 Å². The highest BCUT2D eigenvalue weighted by Crippen LogP contribution is 1.81. The molecule has 0 aromatic rings. The van der Waals surface area contributed by atoms with Crippen LogP contribution in [-0.4, -0.2) is 13.1 Å². The van der Waals surface area contributed by atoms with E-state index in [-0.39, 0.29) is 6.42 Å². The van der Waals surface area contributed by atoms with Crippen molar-refractivity contribution in [2.45, 2.75) is 6.42 Å². The third kappa shape index (κ3) is 4.56. The predicted octanol–water partition coefficient (Wildman–Crippen LogP) is 0.629. The molecule has 0 spiro atoms. The van der Waals surface area contributed by atoms with Crippen LogP contribution in [0, 0.1) is 11.3 Å². The number of carbonyl (C=O) groups excluding carboxylic acids is 1. The van der Waals surface area contributed by atoms with Crippen LogP contribution in [-0.2, 0) is 9.53 Å². The zero-order valence-electron chi connectivity index (χ0n) is 5.13. The highest BCUT2D eigenvalue weighted by atomic mass is 16.5. The van der Waals surface area contributed by atoms with Crippen molar-refractivity contribution < 1.29 is 9.53 Å². The van der Waals surface area contributed by atoms with Crippen LogP contribution >= 0.6 is 0 Å². The highest BCUT2D eigenvalue weighted by Gasteiger charge is 1.86. The standard InChI is InChI=1S/C6H7NO2/c1-9-6(8)4-2-3-5-7/h2,4H,3H2,1H3/b4-2+. The lowest BCUT2D eigenvalue weighted by molar-refractivity contribution is -0.134. The summed E-state index contributed by atoms with van der Waals surface area (Å²) in [6, 6.07) is 1.85. The van der Waals surface area contributed by atoms with Crippen molar-refractivity contribution in [2.24, 2.45) is 0 Å². The molecule has 0 bridgehead atoms. The Hall–Kier alpha value is -1.30. The molecule has 0 atom stereocenters. The van der Waals surface area contributed by atoms with Gasteiger partial charge < -0.3 is 4.74 Å². The van der Waals surface area contributed by atoms with Crippen LogP contribution < -0.4 is 0 Å². The molecule has 0 fully saturated rings. The van der Waals surface area contributed by atoms with E-state index in [9.17, 15) is 4.79 Å². The van der Waals surface area contributed by atoms with Gasteiger partial charge in [-0.25, -0.2) is 4.79 Å². The van der Waals surface area contributed by atoms with Crippen LogP contribution in [0.5, 0.6) is 0 Å². The summed E-state index contributed by atoms with van der Waals surface area (Å²) in [5, 5.41) is 8.00. The smallest absolute Gasteiger partial charge is 0.330 e. The van der Waals surface area contributed by atoms with E-state index in [2.05, 4.69) is 4.74 Å². The fourth-order valence-electron chi connectivity index (χ4n) is 0.276. The molecule has 0 rings (SSSR count). The lowest BCUT2D eigenvalue weighted by Gasteiger charge is -1.85. The average Bonchev–Trinajstić information content (AvgIpc) is 1.89. The van der Waals surface area contributed by atoms with Gasteiger partial charge in [-0.15, -0.1) is 0 Å². The quantitative estimate of drug-likeness (QED) is 0.401. The fourth-order valence-corrected chi connectivity index (χ4v) is 0.276. The second-order valence-corrected chi connectivity index (χ2v) is 1.29. The van der Waals surface area contributed by atoms with E-state index in [1.807, 2.05) is 6.07 Å². The van der Waals surface area contributed by atoms with E-state index in [1.54, 1.807) is 0 Å². The first kappa shape index (κ1) is 7.70. The Morgan fingerprint density at radius 3 is 3.00 bits per heavy atom. The van der Waals surface area contributed by atoms with Gasteiger partial charge >= 0.3 is 5.97 Å². The monoisotopic (exact) mass is 125 g/mol. The third-order valence-electron chi connectivity index (χ3n) is 0.664. The number of nitrogens with zero attached hydrogens (tertiary/aromatic N) is 1. The summed E-state index contributed by atoms with van der Waals surface area (Å²) in [7, 11) is 1.29. The topological polar surface area (TPSA) is 50.1 Å². The van der Waals surface area contributed by atoms with Crippen molar-refractivity contribution >= 4 is 5.97 Å². The van der Waals surface area contributed by atoms with E-state index in [4.69, 9.17) is 5.26 Å². The summed E-state index contributed by atoms with van der Waals surface area (Å²) in [5.74, 6) is -0.426. The molecule has 0 saturated heterocycles. The maximum atomic E-state index is 10.3. The Labute approximate surface area is 53.5 Å². The molecule has 0 amide bonds. The summed E-state index contributed by atoms with van der Waals surface area (Å²) in [5.41, 5.74) is 0. The Balaban J connectivity index is 3.47. The number of methoxy groups -OCH3 is 1. The number of allylic oxidation sites excluding steroid dienone is 1. The first-order valence-corrected chi connectivity index (χ1v) is 2.42. The van der Waals surface area contributed by atoms with Crippen LogP contribution in [0.3, 0.4) is 0 Å². The van der Waals surface area contributed by atoms with E-state index in [0.29, 0.717) is 0 Å². The summed E-state index contributed by atoms with van der Waals surface area (Å²) in [6.45, 7) is 0. The highest BCUT2D eigenvalue weighted by molar-refractivity contribution is 5.81. The molecule has 0 saturated carbocycles. The maximum Gasteiger partial charge on any atom is 0.330 e. The second-order valence-electron chi connectivity index (χ2n) is 1.29. The normalized spacial score (nSPS) is 8.89. The Morgan fingerprint density at radius 1 is 1.89 bits per heavy atom. The number of esters is 1. The minimum atomic E-state index is -0.426. The molecule has 0 aliphatic heterocycles. The largest absolute Gasteiger partial charge is 0.466 e. The van der Waals surface area contributed by atoms with Crippen molar-refractivity contribution in [3.05, 3.63) is 12.2 Å². The Kier molecular flexibility index (Phi) is 4.15. The summed E-state index contributed by atoms with van der Waals surface area (Å²) in [4.78, 5) is 10.3. The summed E-state index contributed by atoms with van der Waals surface area (Å²) >= 11 is 0. The second kappa shape index (κ2) is 4.85. The van der Waals surface area contributed by atoms with Gasteiger partial charge in [-0.3, -0.25) is 0 Å². The number of rotatable bonds is 2. The Bertz CT molecular complexity index is 155. The fraction of sp³-hybridized carbons (Fsp3) is 0.333. The zero-order valence-corrected chi connectivity index (χ0v) is 5.13. The molecule has 0 N–H and O–H groups in total. The number of carbonyl (C=O) groups is 1. The molecular weight excluding hydrogens is 118 g/mol. The van der Waals surface area contributed by atoms with Gasteiger partial charge in [0.1, 0.15) is 0 Å². The van der Waals surface area contributed by atoms with Crippen LogP contribution in [0.2, 0.25) is 0 Å². The van der Waals surface area contributed by atoms with Gasteiger partial charge in [-0.2, -0.15) is 5.26 Å². The van der Waals surface area contributed by atoms with E-state index in [1.165, 1.54) is 19.3 Å². The van der Waals surface area contributed by atoms with Crippen LogP contribution in [0.4, 0.5) is 0 Å². The molecule has 0 radical (unpaired) electrons. The third-order valence-corrected chi connectivity index (χ3v) is 0.664. The van der Waals surface area contributed by atoms with Gasteiger partial charge in [-0.05, 0) is 0 Å². The first-order valence-electron chi connectivity index (χ1n) is 2.42. The molecule has 9 heavy (non-hydrogen) atoms. The van der Waals surface area contributed by atoms with Crippen molar-refractivity contribution in [1.82, 2.24) is 0 Å². The van der Waals surface area contributed by atoms with Crippen molar-refractivity contribution in [3.63, 3.8) is 0 Å². The molecule has 0 aliphatic rings. The minimum absolute atomic E-state index is 0.245. The van der Waals surface area contributed by atoms with Gasteiger partial charge in [0.25, 0.3) is 0 Å². The summed E-state index contributed by atoms with van der Waals surface area (Å²) in [6.07, 6.45) is 2.92. The van der Waals surface area contributed by atoms with Gasteiger partial charge in [0.05, 0.1) is 19.6 Å². The lowest BCUT2D eigenvalue weighted by atomic mass is 10.4. The van der Waals surface area contributed by atoms with Crippen molar-refractivity contribution in [1.29, 1.82) is 5.26 Å². The minimum Gasteiger partial charge on any atom is -0.466 e.